The number of anilines is 1. The lowest BCUT2D eigenvalue weighted by molar-refractivity contribution is 0.124. The number of para-hydroxylation sites is 1. The van der Waals surface area contributed by atoms with Crippen molar-refractivity contribution in [1.82, 2.24) is 0 Å². The molecule has 4 heteroatoms. The number of rotatable bonds is 2. The standard InChI is InChI=1S/C12H15NO3/c1-9-8-10-4-2-3-5-11(10)13(9)12(15)16-7-6-14/h2-5,9,14H,6-8H2,1H3. The molecule has 2 rings (SSSR count). The molecule has 0 aliphatic carbocycles. The van der Waals surface area contributed by atoms with Gasteiger partial charge in [0.2, 0.25) is 0 Å². The van der Waals surface area contributed by atoms with Gasteiger partial charge in [0.25, 0.3) is 0 Å². The van der Waals surface area contributed by atoms with Crippen molar-refractivity contribution in [2.24, 2.45) is 0 Å². The van der Waals surface area contributed by atoms with E-state index in [-0.39, 0.29) is 25.3 Å². The fourth-order valence-electron chi connectivity index (χ4n) is 2.05. The second-order valence-corrected chi connectivity index (χ2v) is 3.89. The van der Waals surface area contributed by atoms with Crippen LogP contribution in [0.15, 0.2) is 24.3 Å². The number of aliphatic hydroxyl groups excluding tert-OH is 1. The van der Waals surface area contributed by atoms with Gasteiger partial charge in [-0.1, -0.05) is 18.2 Å². The molecule has 0 radical (unpaired) electrons. The third-order valence-electron chi connectivity index (χ3n) is 2.72. The molecule has 1 heterocycles. The smallest absolute Gasteiger partial charge is 0.414 e. The maximum atomic E-state index is 11.8. The Kier molecular flexibility index (Phi) is 3.10. The topological polar surface area (TPSA) is 49.8 Å². The minimum Gasteiger partial charge on any atom is -0.447 e. The van der Waals surface area contributed by atoms with Crippen LogP contribution in [0.3, 0.4) is 0 Å². The van der Waals surface area contributed by atoms with Gasteiger partial charge in [-0.25, -0.2) is 4.79 Å². The van der Waals surface area contributed by atoms with Crippen molar-refractivity contribution >= 4 is 11.8 Å². The fraction of sp³-hybridized carbons (Fsp3) is 0.417. The Morgan fingerprint density at radius 1 is 1.56 bits per heavy atom. The number of benzene rings is 1. The number of aliphatic hydroxyl groups is 1. The van der Waals surface area contributed by atoms with Gasteiger partial charge < -0.3 is 9.84 Å². The molecule has 0 aromatic heterocycles. The minimum atomic E-state index is -0.383. The molecule has 1 unspecified atom stereocenters. The summed E-state index contributed by atoms with van der Waals surface area (Å²) in [6.07, 6.45) is 0.469. The Morgan fingerprint density at radius 3 is 3.06 bits per heavy atom. The van der Waals surface area contributed by atoms with Gasteiger partial charge in [0.1, 0.15) is 6.61 Å². The van der Waals surface area contributed by atoms with E-state index in [1.807, 2.05) is 31.2 Å². The van der Waals surface area contributed by atoms with Gasteiger partial charge in [0.15, 0.2) is 0 Å². The van der Waals surface area contributed by atoms with Crippen molar-refractivity contribution in [2.45, 2.75) is 19.4 Å². The summed E-state index contributed by atoms with van der Waals surface area (Å²) in [5.41, 5.74) is 2.08. The highest BCUT2D eigenvalue weighted by molar-refractivity contribution is 5.91. The van der Waals surface area contributed by atoms with Crippen molar-refractivity contribution in [3.63, 3.8) is 0 Å². The van der Waals surface area contributed by atoms with Crippen LogP contribution in [-0.2, 0) is 11.2 Å². The van der Waals surface area contributed by atoms with Gasteiger partial charge in [-0.15, -0.1) is 0 Å². The van der Waals surface area contributed by atoms with Gasteiger partial charge in [-0.05, 0) is 25.0 Å². The Balaban J connectivity index is 2.18. The highest BCUT2D eigenvalue weighted by atomic mass is 16.6. The van der Waals surface area contributed by atoms with Gasteiger partial charge in [0, 0.05) is 6.04 Å². The molecule has 0 bridgehead atoms. The largest absolute Gasteiger partial charge is 0.447 e. The first-order chi connectivity index (χ1) is 7.74. The lowest BCUT2D eigenvalue weighted by Gasteiger charge is -2.21. The molecule has 1 aromatic carbocycles. The van der Waals surface area contributed by atoms with E-state index in [1.54, 1.807) is 4.90 Å². The molecule has 1 atom stereocenters. The predicted octanol–water partition coefficient (Wildman–Crippen LogP) is 1.57. The summed E-state index contributed by atoms with van der Waals surface area (Å²) >= 11 is 0. The number of nitrogens with zero attached hydrogens (tertiary/aromatic N) is 1. The van der Waals surface area contributed by atoms with Gasteiger partial charge in [-0.2, -0.15) is 0 Å². The van der Waals surface area contributed by atoms with Crippen molar-refractivity contribution in [2.75, 3.05) is 18.1 Å². The van der Waals surface area contributed by atoms with E-state index in [2.05, 4.69) is 0 Å². The molecule has 0 fully saturated rings. The number of carbonyl (C=O) groups is 1. The van der Waals surface area contributed by atoms with Crippen molar-refractivity contribution < 1.29 is 14.6 Å². The Bertz CT molecular complexity index is 392. The molecule has 86 valence electrons. The van der Waals surface area contributed by atoms with Gasteiger partial charge in [0.05, 0.1) is 12.3 Å². The zero-order chi connectivity index (χ0) is 11.5. The van der Waals surface area contributed by atoms with Crippen LogP contribution >= 0.6 is 0 Å². The van der Waals surface area contributed by atoms with E-state index in [0.29, 0.717) is 0 Å². The van der Waals surface area contributed by atoms with Crippen LogP contribution in [0, 0.1) is 0 Å². The molecule has 0 saturated heterocycles. The van der Waals surface area contributed by atoms with Crippen LogP contribution in [0.1, 0.15) is 12.5 Å². The quantitative estimate of drug-likeness (QED) is 0.824. The van der Waals surface area contributed by atoms with Crippen LogP contribution in [-0.4, -0.2) is 30.5 Å². The second kappa shape index (κ2) is 4.53. The summed E-state index contributed by atoms with van der Waals surface area (Å²) in [7, 11) is 0. The lowest BCUT2D eigenvalue weighted by Crippen LogP contribution is -2.36. The number of hydrogen-bond donors (Lipinski definition) is 1. The van der Waals surface area contributed by atoms with Crippen LogP contribution in [0.4, 0.5) is 10.5 Å². The summed E-state index contributed by atoms with van der Waals surface area (Å²) < 4.78 is 4.94. The van der Waals surface area contributed by atoms with Crippen LogP contribution in [0.2, 0.25) is 0 Å². The SMILES string of the molecule is CC1Cc2ccccc2N1C(=O)OCCO. The molecule has 16 heavy (non-hydrogen) atoms. The van der Waals surface area contributed by atoms with Crippen LogP contribution < -0.4 is 4.90 Å². The minimum absolute atomic E-state index is 0.0459. The average Bonchev–Trinajstić information content (AvgIpc) is 2.62. The molecule has 1 amide bonds. The Hall–Kier alpha value is -1.55. The summed E-state index contributed by atoms with van der Waals surface area (Å²) in [5.74, 6) is 0. The van der Waals surface area contributed by atoms with E-state index < -0.39 is 0 Å². The highest BCUT2D eigenvalue weighted by Gasteiger charge is 2.31. The summed E-state index contributed by atoms with van der Waals surface area (Å²) in [6, 6.07) is 7.92. The monoisotopic (exact) mass is 221 g/mol. The van der Waals surface area contributed by atoms with E-state index >= 15 is 0 Å². The third-order valence-corrected chi connectivity index (χ3v) is 2.72. The van der Waals surface area contributed by atoms with Crippen molar-refractivity contribution in [3.8, 4) is 0 Å². The molecular weight excluding hydrogens is 206 g/mol. The number of fused-ring (bicyclic) bond motifs is 1. The number of amides is 1. The number of hydrogen-bond acceptors (Lipinski definition) is 3. The normalized spacial score (nSPS) is 18.4. The summed E-state index contributed by atoms with van der Waals surface area (Å²) in [4.78, 5) is 13.4. The first kappa shape index (κ1) is 11.0. The Labute approximate surface area is 94.4 Å². The first-order valence-electron chi connectivity index (χ1n) is 5.39. The van der Waals surface area contributed by atoms with Crippen molar-refractivity contribution in [1.29, 1.82) is 0 Å². The zero-order valence-electron chi connectivity index (χ0n) is 9.22. The summed E-state index contributed by atoms with van der Waals surface area (Å²) in [5, 5.41) is 8.62. The van der Waals surface area contributed by atoms with Gasteiger partial charge in [-0.3, -0.25) is 4.90 Å². The van der Waals surface area contributed by atoms with E-state index in [1.165, 1.54) is 0 Å². The average molecular weight is 221 g/mol. The van der Waals surface area contributed by atoms with E-state index in [9.17, 15) is 4.79 Å². The van der Waals surface area contributed by atoms with Gasteiger partial charge >= 0.3 is 6.09 Å². The van der Waals surface area contributed by atoms with E-state index in [4.69, 9.17) is 9.84 Å². The van der Waals surface area contributed by atoms with Crippen LogP contribution in [0.25, 0.3) is 0 Å². The number of carbonyl (C=O) groups excluding carboxylic acids is 1. The second-order valence-electron chi connectivity index (χ2n) is 3.89. The number of ether oxygens (including phenoxy) is 1. The molecule has 0 saturated carbocycles. The fourth-order valence-corrected chi connectivity index (χ4v) is 2.05. The highest BCUT2D eigenvalue weighted by Crippen LogP contribution is 2.32. The molecular formula is C12H15NO3. The zero-order valence-corrected chi connectivity index (χ0v) is 9.22. The van der Waals surface area contributed by atoms with Crippen molar-refractivity contribution in [3.05, 3.63) is 29.8 Å². The molecule has 1 aromatic rings. The maximum Gasteiger partial charge on any atom is 0.414 e. The lowest BCUT2D eigenvalue weighted by atomic mass is 10.1. The molecule has 1 aliphatic rings. The molecule has 4 nitrogen and oxygen atoms in total. The van der Waals surface area contributed by atoms with Crippen LogP contribution in [0.5, 0.6) is 0 Å². The first-order valence-corrected chi connectivity index (χ1v) is 5.39. The molecule has 0 spiro atoms. The predicted molar refractivity (Wildman–Crippen MR) is 60.5 cm³/mol. The van der Waals surface area contributed by atoms with E-state index in [0.717, 1.165) is 17.7 Å². The third kappa shape index (κ3) is 1.88. The maximum absolute atomic E-state index is 11.8. The molecule has 1 aliphatic heterocycles. The summed E-state index contributed by atoms with van der Waals surface area (Å²) in [6.45, 7) is 1.89. The Morgan fingerprint density at radius 2 is 2.31 bits per heavy atom. The molecule has 1 N–H and O–H groups in total.